The van der Waals surface area contributed by atoms with Crippen molar-refractivity contribution in [2.45, 2.75) is 44.6 Å². The number of benzene rings is 3. The number of carbonyl (C=O) groups is 1. The highest BCUT2D eigenvalue weighted by atomic mass is 16.5. The Kier molecular flexibility index (Phi) is 7.45. The van der Waals surface area contributed by atoms with E-state index in [2.05, 4.69) is 48.2 Å². The fraction of sp³-hybridized carbons (Fsp3) is 0.387. The zero-order chi connectivity index (χ0) is 24.9. The van der Waals surface area contributed by atoms with Crippen LogP contribution in [0.2, 0.25) is 0 Å². The molecule has 3 aromatic carbocycles. The van der Waals surface area contributed by atoms with Crippen LogP contribution in [0.25, 0.3) is 0 Å². The van der Waals surface area contributed by atoms with E-state index in [0.717, 1.165) is 49.1 Å². The number of ketones is 1. The lowest BCUT2D eigenvalue weighted by Gasteiger charge is -2.20. The second-order valence-electron chi connectivity index (χ2n) is 10.0. The minimum absolute atomic E-state index is 0.0915. The van der Waals surface area contributed by atoms with Gasteiger partial charge in [-0.2, -0.15) is 0 Å². The third-order valence-corrected chi connectivity index (χ3v) is 7.18. The van der Waals surface area contributed by atoms with E-state index in [9.17, 15) is 4.79 Å². The van der Waals surface area contributed by atoms with Gasteiger partial charge in [0.25, 0.3) is 0 Å². The zero-order valence-electron chi connectivity index (χ0n) is 21.2. The molecular weight excluding hydrogens is 450 g/mol. The molecule has 1 saturated carbocycles. The fourth-order valence-corrected chi connectivity index (χ4v) is 4.76. The first-order chi connectivity index (χ1) is 17.6. The maximum absolute atomic E-state index is 12.8. The summed E-state index contributed by atoms with van der Waals surface area (Å²) < 4.78 is 17.5. The number of para-hydroxylation sites is 1. The van der Waals surface area contributed by atoms with Gasteiger partial charge in [0.1, 0.15) is 23.4 Å². The molecule has 2 atom stereocenters. The summed E-state index contributed by atoms with van der Waals surface area (Å²) >= 11 is 0. The lowest BCUT2D eigenvalue weighted by molar-refractivity contribution is 0.0972. The summed E-state index contributed by atoms with van der Waals surface area (Å²) in [6.07, 6.45) is 4.19. The number of rotatable bonds is 11. The number of anilines is 1. The third kappa shape index (κ3) is 6.01. The predicted octanol–water partition coefficient (Wildman–Crippen LogP) is 6.52. The summed E-state index contributed by atoms with van der Waals surface area (Å²) in [7, 11) is 1.60. The van der Waals surface area contributed by atoms with E-state index >= 15 is 0 Å². The van der Waals surface area contributed by atoms with Crippen LogP contribution in [-0.2, 0) is 0 Å². The van der Waals surface area contributed by atoms with Gasteiger partial charge in [-0.1, -0.05) is 31.2 Å². The Bertz CT molecular complexity index is 1150. The lowest BCUT2D eigenvalue weighted by atomic mass is 9.93. The maximum atomic E-state index is 12.8. The molecule has 1 aliphatic carbocycles. The van der Waals surface area contributed by atoms with Crippen LogP contribution in [0.5, 0.6) is 17.2 Å². The average molecular weight is 486 g/mol. The maximum Gasteiger partial charge on any atom is 0.167 e. The van der Waals surface area contributed by atoms with Gasteiger partial charge in [0.2, 0.25) is 0 Å². The van der Waals surface area contributed by atoms with Gasteiger partial charge < -0.3 is 19.1 Å². The molecule has 36 heavy (non-hydrogen) atoms. The molecule has 0 amide bonds. The van der Waals surface area contributed by atoms with Crippen LogP contribution in [0.15, 0.2) is 72.8 Å². The van der Waals surface area contributed by atoms with E-state index in [1.54, 1.807) is 7.11 Å². The van der Waals surface area contributed by atoms with Gasteiger partial charge in [0.05, 0.1) is 25.8 Å². The van der Waals surface area contributed by atoms with Gasteiger partial charge in [0, 0.05) is 25.1 Å². The van der Waals surface area contributed by atoms with Crippen molar-refractivity contribution < 1.29 is 19.0 Å². The molecule has 5 heteroatoms. The molecule has 1 saturated heterocycles. The SMILES string of the molecule is COc1ccccc1C(=O)C[C@@H](C)c1ccc(O[C@@H]2CCN(c3ccc(OCC4CC4)cc3)C2)cc1. The van der Waals surface area contributed by atoms with Crippen molar-refractivity contribution in [1.82, 2.24) is 0 Å². The third-order valence-electron chi connectivity index (χ3n) is 7.18. The summed E-state index contributed by atoms with van der Waals surface area (Å²) in [4.78, 5) is 15.2. The molecule has 0 aromatic heterocycles. The topological polar surface area (TPSA) is 48.0 Å². The van der Waals surface area contributed by atoms with Crippen LogP contribution in [0.3, 0.4) is 0 Å². The van der Waals surface area contributed by atoms with Crippen molar-refractivity contribution >= 4 is 11.5 Å². The summed E-state index contributed by atoms with van der Waals surface area (Å²) in [6, 6.07) is 24.0. The molecule has 5 nitrogen and oxygen atoms in total. The Hall–Kier alpha value is -3.47. The highest BCUT2D eigenvalue weighted by molar-refractivity contribution is 5.99. The molecule has 0 spiro atoms. The van der Waals surface area contributed by atoms with Crippen LogP contribution in [0.1, 0.15) is 54.4 Å². The van der Waals surface area contributed by atoms with E-state index in [-0.39, 0.29) is 17.8 Å². The molecule has 0 bridgehead atoms. The standard InChI is InChI=1S/C31H35NO4/c1-22(19-30(33)29-5-3-4-6-31(29)34-2)24-9-13-27(14-10-24)36-28-17-18-32(20-28)25-11-15-26(16-12-25)35-21-23-7-8-23/h3-6,9-16,22-23,28H,7-8,17-21H2,1-2H3/t22-,28-/m1/s1. The quantitative estimate of drug-likeness (QED) is 0.290. The molecule has 0 N–H and O–H groups in total. The highest BCUT2D eigenvalue weighted by Gasteiger charge is 2.25. The van der Waals surface area contributed by atoms with Gasteiger partial charge in [-0.05, 0) is 78.8 Å². The number of nitrogens with zero attached hydrogens (tertiary/aromatic N) is 1. The Morgan fingerprint density at radius 1 is 0.944 bits per heavy atom. The first-order valence-corrected chi connectivity index (χ1v) is 13.0. The number of hydrogen-bond donors (Lipinski definition) is 0. The van der Waals surface area contributed by atoms with Crippen molar-refractivity contribution in [1.29, 1.82) is 0 Å². The van der Waals surface area contributed by atoms with Crippen LogP contribution in [0, 0.1) is 5.92 Å². The number of hydrogen-bond acceptors (Lipinski definition) is 5. The minimum Gasteiger partial charge on any atom is -0.496 e. The number of ether oxygens (including phenoxy) is 3. The largest absolute Gasteiger partial charge is 0.496 e. The molecule has 1 heterocycles. The van der Waals surface area contributed by atoms with Gasteiger partial charge in [-0.15, -0.1) is 0 Å². The summed E-state index contributed by atoms with van der Waals surface area (Å²) in [5.74, 6) is 3.42. The highest BCUT2D eigenvalue weighted by Crippen LogP contribution is 2.31. The Balaban J connectivity index is 1.11. The molecule has 188 valence electrons. The molecule has 5 rings (SSSR count). The summed E-state index contributed by atoms with van der Waals surface area (Å²) in [5, 5.41) is 0. The second kappa shape index (κ2) is 11.1. The number of carbonyl (C=O) groups excluding carboxylic acids is 1. The van der Waals surface area contributed by atoms with Crippen molar-refractivity contribution in [2.24, 2.45) is 5.92 Å². The Labute approximate surface area is 214 Å². The first kappa shape index (κ1) is 24.2. The van der Waals surface area contributed by atoms with E-state index in [1.807, 2.05) is 36.4 Å². The molecule has 1 aliphatic heterocycles. The zero-order valence-corrected chi connectivity index (χ0v) is 21.2. The Morgan fingerprint density at radius 2 is 1.67 bits per heavy atom. The van der Waals surface area contributed by atoms with Crippen molar-refractivity contribution in [3.63, 3.8) is 0 Å². The average Bonchev–Trinajstić information content (AvgIpc) is 3.64. The number of Topliss-reactive ketones (excluding diaryl/α,β-unsaturated/α-hetero) is 1. The van der Waals surface area contributed by atoms with Gasteiger partial charge in [0.15, 0.2) is 5.78 Å². The lowest BCUT2D eigenvalue weighted by Crippen LogP contribution is -2.24. The Morgan fingerprint density at radius 3 is 2.39 bits per heavy atom. The molecule has 0 radical (unpaired) electrons. The van der Waals surface area contributed by atoms with Crippen LogP contribution in [0.4, 0.5) is 5.69 Å². The van der Waals surface area contributed by atoms with Gasteiger partial charge >= 0.3 is 0 Å². The molecule has 2 aliphatic rings. The predicted molar refractivity (Wildman–Crippen MR) is 143 cm³/mol. The monoisotopic (exact) mass is 485 g/mol. The van der Waals surface area contributed by atoms with Crippen LogP contribution in [-0.4, -0.2) is 38.7 Å². The van der Waals surface area contributed by atoms with Crippen molar-refractivity contribution in [3.05, 3.63) is 83.9 Å². The van der Waals surface area contributed by atoms with E-state index < -0.39 is 0 Å². The molecule has 2 fully saturated rings. The molecule has 3 aromatic rings. The van der Waals surface area contributed by atoms with Crippen molar-refractivity contribution in [2.75, 3.05) is 31.7 Å². The van der Waals surface area contributed by atoms with E-state index in [4.69, 9.17) is 14.2 Å². The van der Waals surface area contributed by atoms with Crippen LogP contribution < -0.4 is 19.1 Å². The van der Waals surface area contributed by atoms with Gasteiger partial charge in [-0.3, -0.25) is 4.79 Å². The number of methoxy groups -OCH3 is 1. The summed E-state index contributed by atoms with van der Waals surface area (Å²) in [5.41, 5.74) is 2.98. The second-order valence-corrected chi connectivity index (χ2v) is 10.0. The van der Waals surface area contributed by atoms with Crippen molar-refractivity contribution in [3.8, 4) is 17.2 Å². The van der Waals surface area contributed by atoms with Gasteiger partial charge in [-0.25, -0.2) is 0 Å². The normalized spacial score (nSPS) is 18.1. The summed E-state index contributed by atoms with van der Waals surface area (Å²) in [6.45, 7) is 4.77. The van der Waals surface area contributed by atoms with E-state index in [1.165, 1.54) is 18.5 Å². The van der Waals surface area contributed by atoms with Crippen LogP contribution >= 0.6 is 0 Å². The smallest absolute Gasteiger partial charge is 0.167 e. The fourth-order valence-electron chi connectivity index (χ4n) is 4.76. The molecular formula is C31H35NO4. The minimum atomic E-state index is 0.0915. The van der Waals surface area contributed by atoms with E-state index in [0.29, 0.717) is 17.7 Å². The molecule has 0 unspecified atom stereocenters. The first-order valence-electron chi connectivity index (χ1n) is 13.0.